The molecule has 6 aromatic rings. The van der Waals surface area contributed by atoms with E-state index in [1.54, 1.807) is 0 Å². The second-order valence-corrected chi connectivity index (χ2v) is 13.1. The first-order valence-electron chi connectivity index (χ1n) is 14.8. The third-order valence-electron chi connectivity index (χ3n) is 8.47. The van der Waals surface area contributed by atoms with E-state index >= 15 is 0 Å². The fraction of sp³-hybridized carbons (Fsp3) is 0.0750. The van der Waals surface area contributed by atoms with Crippen LogP contribution in [0.2, 0.25) is 0 Å². The molecule has 1 N–H and O–H groups in total. The van der Waals surface area contributed by atoms with Crippen molar-refractivity contribution in [3.05, 3.63) is 175 Å². The lowest BCUT2D eigenvalue weighted by atomic mass is 9.73. The lowest BCUT2D eigenvalue weighted by Gasteiger charge is -2.33. The number of rotatable bonds is 6. The Balaban J connectivity index is 1.59. The summed E-state index contributed by atoms with van der Waals surface area (Å²) in [4.78, 5) is 5.85. The van der Waals surface area contributed by atoms with Crippen molar-refractivity contribution in [3.8, 4) is 28.0 Å². The molecular formula is C40H32NOP. The molecular weight excluding hydrogens is 541 g/mol. The van der Waals surface area contributed by atoms with E-state index < -0.39 is 13.3 Å². The average molecular weight is 574 g/mol. The molecule has 0 spiro atoms. The Bertz CT molecular complexity index is 1810. The van der Waals surface area contributed by atoms with Crippen LogP contribution in [0.5, 0.6) is 5.75 Å². The number of phenols is 1. The normalized spacial score (nSPS) is 19.0. The first-order chi connectivity index (χ1) is 21.3. The Labute approximate surface area is 254 Å². The van der Waals surface area contributed by atoms with Gasteiger partial charge in [-0.1, -0.05) is 158 Å². The van der Waals surface area contributed by atoms with Gasteiger partial charge in [-0.3, -0.25) is 4.99 Å². The van der Waals surface area contributed by atoms with Crippen molar-refractivity contribution in [2.75, 3.05) is 6.16 Å². The van der Waals surface area contributed by atoms with Gasteiger partial charge in [0.1, 0.15) is 5.75 Å². The summed E-state index contributed by atoms with van der Waals surface area (Å²) in [5, 5.41) is 12.8. The minimum atomic E-state index is -0.799. The van der Waals surface area contributed by atoms with Crippen LogP contribution in [0.1, 0.15) is 17.5 Å². The summed E-state index contributed by atoms with van der Waals surface area (Å²) >= 11 is 0. The van der Waals surface area contributed by atoms with Crippen LogP contribution in [0.15, 0.2) is 169 Å². The van der Waals surface area contributed by atoms with Crippen molar-refractivity contribution < 1.29 is 5.11 Å². The van der Waals surface area contributed by atoms with Gasteiger partial charge in [0.05, 0.1) is 16.6 Å². The molecule has 2 nitrogen and oxygen atoms in total. The highest BCUT2D eigenvalue weighted by molar-refractivity contribution is 7.82. The van der Waals surface area contributed by atoms with E-state index in [1.165, 1.54) is 5.30 Å². The van der Waals surface area contributed by atoms with Crippen LogP contribution in [0, 0.1) is 0 Å². The average Bonchev–Trinajstić information content (AvgIpc) is 3.46. The zero-order valence-electron chi connectivity index (χ0n) is 23.8. The van der Waals surface area contributed by atoms with Gasteiger partial charge in [0, 0.05) is 16.7 Å². The molecule has 6 aromatic carbocycles. The molecule has 1 aliphatic rings. The Morgan fingerprint density at radius 1 is 0.535 bits per heavy atom. The Morgan fingerprint density at radius 3 is 1.63 bits per heavy atom. The van der Waals surface area contributed by atoms with E-state index in [9.17, 15) is 5.11 Å². The summed E-state index contributed by atoms with van der Waals surface area (Å²) in [5.41, 5.74) is 8.06. The van der Waals surface area contributed by atoms with Gasteiger partial charge in [-0.05, 0) is 48.6 Å². The van der Waals surface area contributed by atoms with Crippen LogP contribution in [0.3, 0.4) is 0 Å². The van der Waals surface area contributed by atoms with Crippen LogP contribution in [0.25, 0.3) is 22.3 Å². The minimum Gasteiger partial charge on any atom is -0.508 e. The molecule has 0 amide bonds. The van der Waals surface area contributed by atoms with Crippen molar-refractivity contribution >= 4 is 24.4 Å². The molecule has 1 heterocycles. The second-order valence-electron chi connectivity index (χ2n) is 10.9. The number of benzene rings is 6. The van der Waals surface area contributed by atoms with Gasteiger partial charge in [0.15, 0.2) is 0 Å². The molecule has 208 valence electrons. The minimum absolute atomic E-state index is 0.309. The number of nitrogens with zero attached hydrogens (tertiary/aromatic N) is 1. The molecule has 0 radical (unpaired) electrons. The summed E-state index contributed by atoms with van der Waals surface area (Å²) < 4.78 is 0. The summed E-state index contributed by atoms with van der Waals surface area (Å²) in [6, 6.07) is 57.0. The molecule has 0 aliphatic carbocycles. The van der Waals surface area contributed by atoms with Crippen LogP contribution >= 0.6 is 7.92 Å². The van der Waals surface area contributed by atoms with Crippen LogP contribution in [0.4, 0.5) is 5.69 Å². The number of aliphatic imine (C=N–C) groups is 1. The van der Waals surface area contributed by atoms with E-state index in [2.05, 4.69) is 146 Å². The van der Waals surface area contributed by atoms with Crippen molar-refractivity contribution in [1.29, 1.82) is 0 Å². The molecule has 0 aromatic heterocycles. The number of phenolic OH excluding ortho intramolecular Hbond substituents is 1. The maximum absolute atomic E-state index is 11.5. The highest BCUT2D eigenvalue weighted by Gasteiger charge is 2.50. The monoisotopic (exact) mass is 573 g/mol. The second kappa shape index (κ2) is 11.8. The summed E-state index contributed by atoms with van der Waals surface area (Å²) in [6.07, 6.45) is 1.85. The first-order valence-corrected chi connectivity index (χ1v) is 16.3. The van der Waals surface area contributed by atoms with E-state index in [4.69, 9.17) is 4.99 Å². The molecule has 2 unspecified atom stereocenters. The summed E-state index contributed by atoms with van der Waals surface area (Å²) in [5.74, 6) is 0.309. The van der Waals surface area contributed by atoms with Gasteiger partial charge in [-0.25, -0.2) is 0 Å². The number of hydrogen-bond donors (Lipinski definition) is 1. The smallest absolute Gasteiger partial charge is 0.120 e. The molecule has 1 aliphatic heterocycles. The zero-order valence-corrected chi connectivity index (χ0v) is 24.7. The third kappa shape index (κ3) is 4.99. The predicted molar refractivity (Wildman–Crippen MR) is 182 cm³/mol. The van der Waals surface area contributed by atoms with E-state index in [0.717, 1.165) is 57.1 Å². The molecule has 0 bridgehead atoms. The van der Waals surface area contributed by atoms with Crippen molar-refractivity contribution in [2.45, 2.75) is 11.8 Å². The first kappa shape index (κ1) is 27.1. The van der Waals surface area contributed by atoms with Gasteiger partial charge >= 0.3 is 0 Å². The Hall–Kier alpha value is -4.78. The maximum Gasteiger partial charge on any atom is 0.120 e. The van der Waals surface area contributed by atoms with Crippen LogP contribution in [-0.2, 0) is 5.41 Å². The molecule has 2 atom stereocenters. The number of para-hydroxylation sites is 2. The van der Waals surface area contributed by atoms with Gasteiger partial charge < -0.3 is 5.11 Å². The van der Waals surface area contributed by atoms with Crippen molar-refractivity contribution in [2.24, 2.45) is 4.99 Å². The fourth-order valence-corrected chi connectivity index (χ4v) is 9.30. The predicted octanol–water partition coefficient (Wildman–Crippen LogP) is 9.95. The summed E-state index contributed by atoms with van der Waals surface area (Å²) in [6.45, 7) is 0. The Morgan fingerprint density at radius 2 is 1.05 bits per heavy atom. The SMILES string of the molecule is Oc1ccccc1C1(c2ccccc2)CCP(c2ccccc2)C1=Nc1c(-c2ccccc2)cccc1-c1ccccc1. The number of aromatic hydroxyl groups is 1. The van der Waals surface area contributed by atoms with E-state index in [0.29, 0.717) is 5.75 Å². The zero-order chi connectivity index (χ0) is 29.1. The lowest BCUT2D eigenvalue weighted by Crippen LogP contribution is -2.33. The van der Waals surface area contributed by atoms with Crippen LogP contribution < -0.4 is 5.30 Å². The van der Waals surface area contributed by atoms with Gasteiger partial charge in [-0.2, -0.15) is 0 Å². The molecule has 0 saturated carbocycles. The molecule has 1 fully saturated rings. The Kier molecular flexibility index (Phi) is 7.46. The summed E-state index contributed by atoms with van der Waals surface area (Å²) in [7, 11) is -0.799. The van der Waals surface area contributed by atoms with Gasteiger partial charge in [0.25, 0.3) is 0 Å². The lowest BCUT2D eigenvalue weighted by molar-refractivity contribution is 0.458. The van der Waals surface area contributed by atoms with E-state index in [-0.39, 0.29) is 0 Å². The van der Waals surface area contributed by atoms with Crippen LogP contribution in [-0.4, -0.2) is 16.7 Å². The van der Waals surface area contributed by atoms with E-state index in [1.807, 2.05) is 18.2 Å². The third-order valence-corrected chi connectivity index (χ3v) is 11.1. The highest BCUT2D eigenvalue weighted by Crippen LogP contribution is 2.60. The maximum atomic E-state index is 11.5. The van der Waals surface area contributed by atoms with Crippen molar-refractivity contribution in [1.82, 2.24) is 0 Å². The molecule has 7 rings (SSSR count). The standard InChI is InChI=1S/C40H32NOP/c42-37-27-14-13-26-36(37)40(32-20-9-3-10-21-32)28-29-43(33-22-11-4-12-23-33)39(40)41-38-34(30-16-5-1-6-17-30)24-15-25-35(38)31-18-7-2-8-19-31/h1-27,42H,28-29H2. The number of hydrogen-bond acceptors (Lipinski definition) is 2. The molecule has 3 heteroatoms. The largest absolute Gasteiger partial charge is 0.508 e. The fourth-order valence-electron chi connectivity index (χ4n) is 6.46. The van der Waals surface area contributed by atoms with Gasteiger partial charge in [0.2, 0.25) is 0 Å². The van der Waals surface area contributed by atoms with Gasteiger partial charge in [-0.15, -0.1) is 0 Å². The molecule has 43 heavy (non-hydrogen) atoms. The molecule has 1 saturated heterocycles. The topological polar surface area (TPSA) is 32.6 Å². The van der Waals surface area contributed by atoms with Crippen molar-refractivity contribution in [3.63, 3.8) is 0 Å². The quantitative estimate of drug-likeness (QED) is 0.198. The highest BCUT2D eigenvalue weighted by atomic mass is 31.1.